The van der Waals surface area contributed by atoms with E-state index in [4.69, 9.17) is 14.5 Å². The highest BCUT2D eigenvalue weighted by molar-refractivity contribution is 7.99. The number of nitrogens with zero attached hydrogens (tertiary/aromatic N) is 2. The summed E-state index contributed by atoms with van der Waals surface area (Å²) >= 11 is 2.85. The maximum Gasteiger partial charge on any atom is 0.316 e. The predicted molar refractivity (Wildman–Crippen MR) is 125 cm³/mol. The van der Waals surface area contributed by atoms with Gasteiger partial charge in [0.1, 0.15) is 10.6 Å². The second-order valence-electron chi connectivity index (χ2n) is 7.36. The largest absolute Gasteiger partial charge is 0.494 e. The van der Waals surface area contributed by atoms with Crippen molar-refractivity contribution in [2.24, 2.45) is 0 Å². The standard InChI is InChI=1S/C23H26N2O4S2/c1-3-5-13-29-19(26)14-30-23-24-21-20(17-7-6-8-18(17)31-21)22(27)25(23)15-9-11-16(12-10-15)28-4-2/h9-12H,3-8,13-14H2,1-2H3. The van der Waals surface area contributed by atoms with Gasteiger partial charge in [-0.15, -0.1) is 11.3 Å². The summed E-state index contributed by atoms with van der Waals surface area (Å²) in [6.07, 6.45) is 4.83. The van der Waals surface area contributed by atoms with Gasteiger partial charge in [-0.2, -0.15) is 0 Å². The molecule has 31 heavy (non-hydrogen) atoms. The van der Waals surface area contributed by atoms with E-state index in [1.807, 2.05) is 31.2 Å². The molecule has 0 amide bonds. The number of thioether (sulfide) groups is 1. The van der Waals surface area contributed by atoms with Crippen LogP contribution in [0.4, 0.5) is 0 Å². The van der Waals surface area contributed by atoms with Crippen LogP contribution in [0.2, 0.25) is 0 Å². The molecule has 0 atom stereocenters. The molecule has 2 heterocycles. The average Bonchev–Trinajstić information content (AvgIpc) is 3.34. The van der Waals surface area contributed by atoms with Crippen molar-refractivity contribution in [1.29, 1.82) is 0 Å². The number of aromatic nitrogens is 2. The number of benzene rings is 1. The molecule has 6 nitrogen and oxygen atoms in total. The summed E-state index contributed by atoms with van der Waals surface area (Å²) in [5, 5.41) is 1.23. The minimum absolute atomic E-state index is 0.0737. The van der Waals surface area contributed by atoms with Gasteiger partial charge in [-0.25, -0.2) is 4.98 Å². The molecular formula is C23H26N2O4S2. The van der Waals surface area contributed by atoms with Crippen LogP contribution in [0, 0.1) is 0 Å². The fraction of sp³-hybridized carbons (Fsp3) is 0.435. The van der Waals surface area contributed by atoms with E-state index in [9.17, 15) is 9.59 Å². The first-order valence-corrected chi connectivity index (χ1v) is 12.5. The van der Waals surface area contributed by atoms with Crippen molar-refractivity contribution in [1.82, 2.24) is 9.55 Å². The van der Waals surface area contributed by atoms with Gasteiger partial charge in [-0.3, -0.25) is 14.2 Å². The quantitative estimate of drug-likeness (QED) is 0.199. The number of hydrogen-bond donors (Lipinski definition) is 0. The van der Waals surface area contributed by atoms with Crippen molar-refractivity contribution in [2.45, 2.75) is 51.1 Å². The number of hydrogen-bond acceptors (Lipinski definition) is 7. The third-order valence-corrected chi connectivity index (χ3v) is 7.29. The number of carbonyl (C=O) groups excluding carboxylic acids is 1. The van der Waals surface area contributed by atoms with Gasteiger partial charge in [0, 0.05) is 4.88 Å². The van der Waals surface area contributed by atoms with Gasteiger partial charge in [0.15, 0.2) is 5.16 Å². The highest BCUT2D eigenvalue weighted by Crippen LogP contribution is 2.36. The first kappa shape index (κ1) is 21.9. The lowest BCUT2D eigenvalue weighted by molar-refractivity contribution is -0.140. The first-order chi connectivity index (χ1) is 15.1. The van der Waals surface area contributed by atoms with Crippen LogP contribution in [0.25, 0.3) is 15.9 Å². The lowest BCUT2D eigenvalue weighted by Crippen LogP contribution is -2.22. The average molecular weight is 459 g/mol. The Labute approximate surface area is 189 Å². The van der Waals surface area contributed by atoms with Gasteiger partial charge in [0.25, 0.3) is 5.56 Å². The van der Waals surface area contributed by atoms with Gasteiger partial charge >= 0.3 is 5.97 Å². The molecular weight excluding hydrogens is 432 g/mol. The molecule has 3 aromatic rings. The van der Waals surface area contributed by atoms with Gasteiger partial charge < -0.3 is 9.47 Å². The van der Waals surface area contributed by atoms with Crippen LogP contribution in [-0.2, 0) is 22.4 Å². The van der Waals surface area contributed by atoms with Crippen LogP contribution in [-0.4, -0.2) is 34.5 Å². The molecule has 8 heteroatoms. The summed E-state index contributed by atoms with van der Waals surface area (Å²) in [5.74, 6) is 0.572. The highest BCUT2D eigenvalue weighted by atomic mass is 32.2. The molecule has 0 bridgehead atoms. The maximum atomic E-state index is 13.6. The number of esters is 1. The van der Waals surface area contributed by atoms with Crippen LogP contribution in [0.1, 0.15) is 43.6 Å². The number of fused-ring (bicyclic) bond motifs is 3. The zero-order chi connectivity index (χ0) is 21.8. The van der Waals surface area contributed by atoms with Crippen LogP contribution < -0.4 is 10.3 Å². The van der Waals surface area contributed by atoms with Crippen molar-refractivity contribution in [2.75, 3.05) is 19.0 Å². The van der Waals surface area contributed by atoms with Crippen LogP contribution in [0.3, 0.4) is 0 Å². The van der Waals surface area contributed by atoms with Crippen molar-refractivity contribution >= 4 is 39.3 Å². The molecule has 1 aliphatic carbocycles. The van der Waals surface area contributed by atoms with Crippen LogP contribution >= 0.6 is 23.1 Å². The topological polar surface area (TPSA) is 70.4 Å². The van der Waals surface area contributed by atoms with E-state index in [2.05, 4.69) is 6.92 Å². The fourth-order valence-electron chi connectivity index (χ4n) is 3.70. The molecule has 0 unspecified atom stereocenters. The molecule has 1 aliphatic rings. The Morgan fingerprint density at radius 2 is 2.03 bits per heavy atom. The zero-order valence-corrected chi connectivity index (χ0v) is 19.4. The number of rotatable bonds is 9. The smallest absolute Gasteiger partial charge is 0.316 e. The third kappa shape index (κ3) is 4.65. The van der Waals surface area contributed by atoms with Gasteiger partial charge in [-0.05, 0) is 62.4 Å². The van der Waals surface area contributed by atoms with Crippen LogP contribution in [0.5, 0.6) is 5.75 Å². The summed E-state index contributed by atoms with van der Waals surface area (Å²) in [6.45, 7) is 4.98. The Morgan fingerprint density at radius 1 is 1.23 bits per heavy atom. The number of thiophene rings is 1. The minimum atomic E-state index is -0.292. The number of ether oxygens (including phenoxy) is 2. The molecule has 164 valence electrons. The maximum absolute atomic E-state index is 13.6. The van der Waals surface area contributed by atoms with Crippen molar-refractivity contribution in [3.63, 3.8) is 0 Å². The predicted octanol–water partition coefficient (Wildman–Crippen LogP) is 4.77. The Bertz CT molecular complexity index is 1140. The van der Waals surface area contributed by atoms with E-state index in [1.54, 1.807) is 15.9 Å². The third-order valence-electron chi connectivity index (χ3n) is 5.19. The normalized spacial score (nSPS) is 12.8. The molecule has 0 radical (unpaired) electrons. The SMILES string of the molecule is CCCCOC(=O)CSc1nc2sc3c(c2c(=O)n1-c1ccc(OCC)cc1)CCC3. The molecule has 4 rings (SSSR count). The van der Waals surface area contributed by atoms with E-state index in [0.29, 0.717) is 24.1 Å². The molecule has 0 saturated carbocycles. The summed E-state index contributed by atoms with van der Waals surface area (Å²) in [4.78, 5) is 32.6. The summed E-state index contributed by atoms with van der Waals surface area (Å²) < 4.78 is 12.4. The highest BCUT2D eigenvalue weighted by Gasteiger charge is 2.24. The van der Waals surface area contributed by atoms with Crippen molar-refractivity contribution < 1.29 is 14.3 Å². The van der Waals surface area contributed by atoms with Crippen molar-refractivity contribution in [3.05, 3.63) is 45.1 Å². The second kappa shape index (κ2) is 9.87. The van der Waals surface area contributed by atoms with Crippen LogP contribution in [0.15, 0.2) is 34.2 Å². The number of unbranched alkanes of at least 4 members (excludes halogenated alkanes) is 1. The zero-order valence-electron chi connectivity index (χ0n) is 17.8. The summed E-state index contributed by atoms with van der Waals surface area (Å²) in [7, 11) is 0. The van der Waals surface area contributed by atoms with Gasteiger partial charge in [0.05, 0.1) is 30.0 Å². The lowest BCUT2D eigenvalue weighted by Gasteiger charge is -2.13. The summed E-state index contributed by atoms with van der Waals surface area (Å²) in [6, 6.07) is 7.41. The molecule has 1 aromatic carbocycles. The van der Waals surface area contributed by atoms with E-state index in [-0.39, 0.29) is 17.3 Å². The molecule has 0 aliphatic heterocycles. The fourth-order valence-corrected chi connectivity index (χ4v) is 5.82. The Morgan fingerprint density at radius 3 is 2.77 bits per heavy atom. The minimum Gasteiger partial charge on any atom is -0.494 e. The Kier molecular flexibility index (Phi) is 6.97. The summed E-state index contributed by atoms with van der Waals surface area (Å²) in [5.41, 5.74) is 1.78. The van der Waals surface area contributed by atoms with Gasteiger partial charge in [0.2, 0.25) is 0 Å². The number of aryl methyl sites for hydroxylation is 2. The van der Waals surface area contributed by atoms with E-state index in [0.717, 1.165) is 53.6 Å². The Balaban J connectivity index is 1.72. The van der Waals surface area contributed by atoms with E-state index < -0.39 is 0 Å². The first-order valence-electron chi connectivity index (χ1n) is 10.7. The number of carbonyl (C=O) groups is 1. The Hall–Kier alpha value is -2.32. The molecule has 0 fully saturated rings. The molecule has 0 N–H and O–H groups in total. The van der Waals surface area contributed by atoms with E-state index >= 15 is 0 Å². The molecule has 2 aromatic heterocycles. The van der Waals surface area contributed by atoms with Gasteiger partial charge in [-0.1, -0.05) is 25.1 Å². The molecule has 0 spiro atoms. The monoisotopic (exact) mass is 458 g/mol. The molecule has 0 saturated heterocycles. The lowest BCUT2D eigenvalue weighted by atomic mass is 10.2. The van der Waals surface area contributed by atoms with E-state index in [1.165, 1.54) is 16.6 Å². The second-order valence-corrected chi connectivity index (χ2v) is 9.39. The van der Waals surface area contributed by atoms with Crippen molar-refractivity contribution in [3.8, 4) is 11.4 Å².